The Hall–Kier alpha value is -0.550. The molecule has 2 N–H and O–H groups in total. The van der Waals surface area contributed by atoms with Gasteiger partial charge in [-0.25, -0.2) is 0 Å². The summed E-state index contributed by atoms with van der Waals surface area (Å²) in [6.45, 7) is 4.56. The summed E-state index contributed by atoms with van der Waals surface area (Å²) in [5.41, 5.74) is 1.50. The number of fused-ring (bicyclic) bond motifs is 5. The molecule has 0 spiro atoms. The highest BCUT2D eigenvalue weighted by Crippen LogP contribution is 2.66. The van der Waals surface area contributed by atoms with E-state index in [9.17, 15) is 23.4 Å². The second-order valence-corrected chi connectivity index (χ2v) is 10.3. The third-order valence-electron chi connectivity index (χ3n) is 9.16. The zero-order valence-corrected chi connectivity index (χ0v) is 16.4. The van der Waals surface area contributed by atoms with Crippen molar-refractivity contribution in [2.24, 2.45) is 34.5 Å². The van der Waals surface area contributed by atoms with Crippen molar-refractivity contribution in [3.05, 3.63) is 11.6 Å². The van der Waals surface area contributed by atoms with Gasteiger partial charge in [0.25, 0.3) is 0 Å². The maximum Gasteiger partial charge on any atom is 0.414 e. The Kier molecular flexibility index (Phi) is 4.74. The van der Waals surface area contributed by atoms with Crippen LogP contribution in [0.1, 0.15) is 71.6 Å². The number of aliphatic hydroxyl groups excluding tert-OH is 2. The Morgan fingerprint density at radius 2 is 1.85 bits per heavy atom. The van der Waals surface area contributed by atoms with Crippen LogP contribution in [-0.4, -0.2) is 28.6 Å². The first-order chi connectivity index (χ1) is 12.6. The second-order valence-electron chi connectivity index (χ2n) is 10.3. The zero-order chi connectivity index (χ0) is 19.6. The van der Waals surface area contributed by atoms with Gasteiger partial charge in [-0.15, -0.1) is 0 Å². The van der Waals surface area contributed by atoms with Crippen LogP contribution in [-0.2, 0) is 0 Å². The molecule has 0 heterocycles. The lowest BCUT2D eigenvalue weighted by molar-refractivity contribution is -0.211. The molecule has 0 radical (unpaired) electrons. The van der Waals surface area contributed by atoms with E-state index in [0.29, 0.717) is 17.8 Å². The molecule has 8 atom stereocenters. The molecule has 0 amide bonds. The van der Waals surface area contributed by atoms with Crippen molar-refractivity contribution in [2.45, 2.75) is 90.0 Å². The van der Waals surface area contributed by atoms with Crippen LogP contribution in [0, 0.1) is 34.5 Å². The fourth-order valence-electron chi connectivity index (χ4n) is 7.54. The Morgan fingerprint density at radius 1 is 1.11 bits per heavy atom. The van der Waals surface area contributed by atoms with Crippen LogP contribution in [0.15, 0.2) is 11.6 Å². The van der Waals surface area contributed by atoms with Crippen molar-refractivity contribution in [1.29, 1.82) is 0 Å². The van der Waals surface area contributed by atoms with E-state index in [1.807, 2.05) is 0 Å². The molecule has 8 unspecified atom stereocenters. The predicted octanol–water partition coefficient (Wildman–Crippen LogP) is 5.24. The predicted molar refractivity (Wildman–Crippen MR) is 97.9 cm³/mol. The van der Waals surface area contributed by atoms with Gasteiger partial charge < -0.3 is 10.2 Å². The standard InChI is InChI=1S/C22H33F3O2/c1-20-9-7-15(26)11-13(20)3-5-16-17-6-4-14(12-19(27)22(23,24)25)21(17,2)10-8-18(16)20/h3,14-19,26-27H,4-12H2,1-2H3. The highest BCUT2D eigenvalue weighted by atomic mass is 19.4. The maximum absolute atomic E-state index is 12.9. The minimum atomic E-state index is -4.51. The third-order valence-corrected chi connectivity index (χ3v) is 9.16. The lowest BCUT2D eigenvalue weighted by Gasteiger charge is -2.58. The average Bonchev–Trinajstić information content (AvgIpc) is 2.91. The Morgan fingerprint density at radius 3 is 2.56 bits per heavy atom. The summed E-state index contributed by atoms with van der Waals surface area (Å²) in [6.07, 6.45) is 2.84. The molecule has 4 rings (SSSR count). The van der Waals surface area contributed by atoms with Gasteiger partial charge in [-0.2, -0.15) is 13.2 Å². The molecule has 2 nitrogen and oxygen atoms in total. The topological polar surface area (TPSA) is 40.5 Å². The molecule has 0 aromatic heterocycles. The largest absolute Gasteiger partial charge is 0.414 e. The summed E-state index contributed by atoms with van der Waals surface area (Å²) < 4.78 is 38.7. The van der Waals surface area contributed by atoms with E-state index in [4.69, 9.17) is 0 Å². The highest BCUT2D eigenvalue weighted by Gasteiger charge is 2.59. The molecule has 0 aromatic carbocycles. The van der Waals surface area contributed by atoms with Crippen molar-refractivity contribution < 1.29 is 23.4 Å². The minimum absolute atomic E-state index is 0.0357. The van der Waals surface area contributed by atoms with Crippen molar-refractivity contribution >= 4 is 0 Å². The van der Waals surface area contributed by atoms with Gasteiger partial charge >= 0.3 is 6.18 Å². The van der Waals surface area contributed by atoms with Gasteiger partial charge in [-0.1, -0.05) is 25.5 Å². The van der Waals surface area contributed by atoms with Gasteiger partial charge in [0.1, 0.15) is 6.10 Å². The van der Waals surface area contributed by atoms with Crippen LogP contribution >= 0.6 is 0 Å². The fourth-order valence-corrected chi connectivity index (χ4v) is 7.54. The summed E-state index contributed by atoms with van der Waals surface area (Å²) >= 11 is 0. The quantitative estimate of drug-likeness (QED) is 0.637. The fraction of sp³-hybridized carbons (Fsp3) is 0.909. The van der Waals surface area contributed by atoms with Gasteiger partial charge in [0.05, 0.1) is 6.10 Å². The highest BCUT2D eigenvalue weighted by molar-refractivity contribution is 5.25. The van der Waals surface area contributed by atoms with E-state index in [2.05, 4.69) is 19.9 Å². The summed E-state index contributed by atoms with van der Waals surface area (Å²) in [5, 5.41) is 19.7. The monoisotopic (exact) mass is 386 g/mol. The van der Waals surface area contributed by atoms with Crippen LogP contribution in [0.25, 0.3) is 0 Å². The van der Waals surface area contributed by atoms with Gasteiger partial charge in [0.2, 0.25) is 0 Å². The van der Waals surface area contributed by atoms with E-state index in [1.54, 1.807) is 0 Å². The molecule has 0 aliphatic heterocycles. The number of aliphatic hydroxyl groups is 2. The zero-order valence-electron chi connectivity index (χ0n) is 16.4. The Bertz CT molecular complexity index is 615. The van der Waals surface area contributed by atoms with E-state index >= 15 is 0 Å². The normalized spacial score (nSPS) is 48.3. The molecule has 27 heavy (non-hydrogen) atoms. The third kappa shape index (κ3) is 3.08. The van der Waals surface area contributed by atoms with Crippen LogP contribution in [0.2, 0.25) is 0 Å². The van der Waals surface area contributed by atoms with Gasteiger partial charge in [0, 0.05) is 0 Å². The molecule has 154 valence electrons. The molecule has 3 saturated carbocycles. The smallest absolute Gasteiger partial charge is 0.393 e. The summed E-state index contributed by atoms with van der Waals surface area (Å²) in [5.74, 6) is 1.56. The molecule has 0 bridgehead atoms. The van der Waals surface area contributed by atoms with Gasteiger partial charge in [-0.05, 0) is 92.3 Å². The number of rotatable bonds is 2. The average molecular weight is 386 g/mol. The van der Waals surface area contributed by atoms with Crippen LogP contribution < -0.4 is 0 Å². The maximum atomic E-state index is 12.9. The summed E-state index contributed by atoms with van der Waals surface area (Å²) in [6, 6.07) is 0. The van der Waals surface area contributed by atoms with Crippen LogP contribution in [0.4, 0.5) is 13.2 Å². The second kappa shape index (κ2) is 6.48. The van der Waals surface area contributed by atoms with Crippen LogP contribution in [0.3, 0.4) is 0 Å². The van der Waals surface area contributed by atoms with E-state index in [1.165, 1.54) is 5.57 Å². The Balaban J connectivity index is 1.55. The molecule has 5 heteroatoms. The molecular weight excluding hydrogens is 353 g/mol. The number of alkyl halides is 3. The molecule has 4 aliphatic rings. The SMILES string of the molecule is CC12CCC(O)CC1=CCC1C2CCC2(C)C(CC(O)C(F)(F)F)CCC12. The van der Waals surface area contributed by atoms with E-state index in [-0.39, 0.29) is 29.3 Å². The van der Waals surface area contributed by atoms with E-state index < -0.39 is 12.3 Å². The number of halogens is 3. The number of allylic oxidation sites excluding steroid dienone is 1. The summed E-state index contributed by atoms with van der Waals surface area (Å²) in [4.78, 5) is 0. The Labute approximate surface area is 160 Å². The van der Waals surface area contributed by atoms with Crippen LogP contribution in [0.5, 0.6) is 0 Å². The minimum Gasteiger partial charge on any atom is -0.393 e. The first kappa shape index (κ1) is 19.8. The van der Waals surface area contributed by atoms with Crippen molar-refractivity contribution in [2.75, 3.05) is 0 Å². The van der Waals surface area contributed by atoms with Crippen molar-refractivity contribution in [1.82, 2.24) is 0 Å². The van der Waals surface area contributed by atoms with Gasteiger partial charge in [0.15, 0.2) is 0 Å². The van der Waals surface area contributed by atoms with Crippen molar-refractivity contribution in [3.8, 4) is 0 Å². The first-order valence-corrected chi connectivity index (χ1v) is 10.7. The van der Waals surface area contributed by atoms with Crippen molar-refractivity contribution in [3.63, 3.8) is 0 Å². The van der Waals surface area contributed by atoms with Gasteiger partial charge in [-0.3, -0.25) is 0 Å². The lowest BCUT2D eigenvalue weighted by atomic mass is 9.47. The molecule has 0 aromatic rings. The summed E-state index contributed by atoms with van der Waals surface area (Å²) in [7, 11) is 0. The molecule has 3 fully saturated rings. The molecule has 0 saturated heterocycles. The lowest BCUT2D eigenvalue weighted by Crippen LogP contribution is -2.50. The first-order valence-electron chi connectivity index (χ1n) is 10.7. The molecule has 4 aliphatic carbocycles. The number of hydrogen-bond acceptors (Lipinski definition) is 2. The molecular formula is C22H33F3O2. The van der Waals surface area contributed by atoms with E-state index in [0.717, 1.165) is 51.4 Å². The number of hydrogen-bond donors (Lipinski definition) is 2.